The average Bonchev–Trinajstić information content (AvgIpc) is 0.898. The van der Waals surface area contributed by atoms with Gasteiger partial charge in [0.25, 0.3) is 0 Å². The highest BCUT2D eigenvalue weighted by molar-refractivity contribution is 5.67. The summed E-state index contributed by atoms with van der Waals surface area (Å²) in [6, 6.07) is 0. The number of aromatic nitrogens is 3. The van der Waals surface area contributed by atoms with Crippen LogP contribution in [-0.2, 0) is 14.4 Å². The Kier molecular flexibility index (Phi) is 95.8. The van der Waals surface area contributed by atoms with Crippen LogP contribution in [0, 0.1) is 71.0 Å². The van der Waals surface area contributed by atoms with Gasteiger partial charge in [-0.15, -0.1) is 0 Å². The fraction of sp³-hybridized carbons (Fsp3) is 0.812. The van der Waals surface area contributed by atoms with Gasteiger partial charge in [0.15, 0.2) is 0 Å². The van der Waals surface area contributed by atoms with Crippen molar-refractivity contribution >= 4 is 35.8 Å². The first-order valence-electron chi connectivity index (χ1n) is 45.6. The van der Waals surface area contributed by atoms with Gasteiger partial charge in [-0.25, -0.2) is 0 Å². The SMILES string of the molecule is CCCCCCCCCCCCC#CC#CCCCCCCCCC(=O)O.CCCCCCCCCCCCC#CC#CCCCCCCCCC(=O)O.CCCCCCCCCCCCC#CC#CCCCCCCCCC(=O)O.CCCCCCCCCCCCCCCCCCNc1nc(N)nc(N)n1. The molecular weight excluding hydrogens is 1330 g/mol. The van der Waals surface area contributed by atoms with Crippen LogP contribution in [0.3, 0.4) is 0 Å². The molecule has 0 spiro atoms. The number of hydrogen-bond acceptors (Lipinski definition) is 9. The van der Waals surface area contributed by atoms with E-state index in [-0.39, 0.29) is 11.9 Å². The summed E-state index contributed by atoms with van der Waals surface area (Å²) < 4.78 is 0. The highest BCUT2D eigenvalue weighted by Gasteiger charge is 2.04. The third-order valence-electron chi connectivity index (χ3n) is 19.5. The lowest BCUT2D eigenvalue weighted by molar-refractivity contribution is -0.138. The smallest absolute Gasteiger partial charge is 0.303 e. The summed E-state index contributed by atoms with van der Waals surface area (Å²) in [4.78, 5) is 42.9. The summed E-state index contributed by atoms with van der Waals surface area (Å²) in [5.41, 5.74) is 11.1. The molecule has 0 saturated heterocycles. The maximum absolute atomic E-state index is 10.4. The molecule has 1 aromatic heterocycles. The van der Waals surface area contributed by atoms with Gasteiger partial charge in [-0.1, -0.05) is 410 Å². The molecule has 0 unspecified atom stereocenters. The minimum Gasteiger partial charge on any atom is -0.481 e. The Hall–Kier alpha value is -5.82. The number of carboxylic acids is 3. The molecule has 0 amide bonds. The van der Waals surface area contributed by atoms with Gasteiger partial charge in [0.05, 0.1) is 0 Å². The Morgan fingerprint density at radius 3 is 0.574 bits per heavy atom. The van der Waals surface area contributed by atoms with Gasteiger partial charge in [-0.05, 0) is 99.7 Å². The van der Waals surface area contributed by atoms with Gasteiger partial charge >= 0.3 is 17.9 Å². The molecule has 0 atom stereocenters. The van der Waals surface area contributed by atoms with Crippen molar-refractivity contribution in [1.29, 1.82) is 0 Å². The highest BCUT2D eigenvalue weighted by atomic mass is 16.4. The normalized spacial score (nSPS) is 10.2. The van der Waals surface area contributed by atoms with Crippen LogP contribution in [0.15, 0.2) is 0 Å². The molecule has 0 radical (unpaired) electrons. The molecular formula is C96H168N6O6. The molecule has 1 aromatic rings. The van der Waals surface area contributed by atoms with Gasteiger partial charge in [0, 0.05) is 64.3 Å². The molecule has 0 aliphatic rings. The number of carboxylic acid groups (broad SMARTS) is 3. The maximum atomic E-state index is 10.4. The predicted molar refractivity (Wildman–Crippen MR) is 466 cm³/mol. The summed E-state index contributed by atoms with van der Waals surface area (Å²) >= 11 is 0. The third-order valence-corrected chi connectivity index (χ3v) is 19.5. The van der Waals surface area contributed by atoms with E-state index in [1.165, 1.54) is 327 Å². The van der Waals surface area contributed by atoms with Crippen LogP contribution in [0.1, 0.15) is 496 Å². The minimum absolute atomic E-state index is 0.164. The molecule has 1 rings (SSSR count). The van der Waals surface area contributed by atoms with Crippen molar-refractivity contribution in [2.75, 3.05) is 23.3 Å². The van der Waals surface area contributed by atoms with Crippen LogP contribution in [0.4, 0.5) is 17.8 Å². The van der Waals surface area contributed by atoms with Crippen LogP contribution in [0.5, 0.6) is 0 Å². The molecule has 0 aromatic carbocycles. The van der Waals surface area contributed by atoms with E-state index in [0.717, 1.165) is 129 Å². The lowest BCUT2D eigenvalue weighted by Crippen LogP contribution is -2.10. The van der Waals surface area contributed by atoms with Crippen molar-refractivity contribution in [3.05, 3.63) is 0 Å². The quantitative estimate of drug-likeness (QED) is 0.0265. The summed E-state index contributed by atoms with van der Waals surface area (Å²) in [6.45, 7) is 9.94. The molecule has 0 aliphatic carbocycles. The van der Waals surface area contributed by atoms with Crippen molar-refractivity contribution in [2.45, 2.75) is 496 Å². The number of nitrogen functional groups attached to an aromatic ring is 2. The van der Waals surface area contributed by atoms with E-state index in [1.54, 1.807) is 0 Å². The minimum atomic E-state index is -0.681. The number of aliphatic carboxylic acids is 3. The van der Waals surface area contributed by atoms with Crippen molar-refractivity contribution in [1.82, 2.24) is 15.0 Å². The van der Waals surface area contributed by atoms with E-state index in [4.69, 9.17) is 26.8 Å². The van der Waals surface area contributed by atoms with E-state index < -0.39 is 17.9 Å². The zero-order chi connectivity index (χ0) is 79.1. The number of hydrogen-bond donors (Lipinski definition) is 6. The third kappa shape index (κ3) is 104. The number of anilines is 3. The van der Waals surface area contributed by atoms with Gasteiger partial charge < -0.3 is 32.1 Å². The summed E-state index contributed by atoms with van der Waals surface area (Å²) in [5, 5.41) is 28.8. The van der Waals surface area contributed by atoms with E-state index in [2.05, 4.69) is 119 Å². The molecule has 8 N–H and O–H groups in total. The molecule has 0 bridgehead atoms. The summed E-state index contributed by atoms with van der Waals surface area (Å²) in [6.07, 6.45) is 89.2. The lowest BCUT2D eigenvalue weighted by atomic mass is 10.0. The molecule has 1 heterocycles. The fourth-order valence-corrected chi connectivity index (χ4v) is 12.7. The van der Waals surface area contributed by atoms with Crippen LogP contribution in [-0.4, -0.2) is 54.7 Å². The molecule has 618 valence electrons. The lowest BCUT2D eigenvalue weighted by Gasteiger charge is -2.06. The predicted octanol–water partition coefficient (Wildman–Crippen LogP) is 28.2. The first kappa shape index (κ1) is 106. The van der Waals surface area contributed by atoms with Crippen LogP contribution < -0.4 is 16.8 Å². The second-order valence-electron chi connectivity index (χ2n) is 30.3. The first-order chi connectivity index (χ1) is 53.0. The monoisotopic (exact) mass is 1500 g/mol. The van der Waals surface area contributed by atoms with Crippen molar-refractivity contribution in [3.63, 3.8) is 0 Å². The zero-order valence-corrected chi connectivity index (χ0v) is 70.9. The van der Waals surface area contributed by atoms with Gasteiger partial charge in [0.1, 0.15) is 0 Å². The Bertz CT molecular complexity index is 2280. The number of nitrogens with zero attached hydrogens (tertiary/aromatic N) is 3. The van der Waals surface area contributed by atoms with Gasteiger partial charge in [0.2, 0.25) is 17.8 Å². The topological polar surface area (TPSA) is 215 Å². The molecule has 12 heteroatoms. The molecule has 108 heavy (non-hydrogen) atoms. The number of nitrogens with two attached hydrogens (primary N) is 2. The van der Waals surface area contributed by atoms with Crippen LogP contribution in [0.2, 0.25) is 0 Å². The summed E-state index contributed by atoms with van der Waals surface area (Å²) in [5.74, 6) is 35.5. The second-order valence-corrected chi connectivity index (χ2v) is 30.3. The first-order valence-corrected chi connectivity index (χ1v) is 45.6. The van der Waals surface area contributed by atoms with E-state index in [0.29, 0.717) is 25.2 Å². The van der Waals surface area contributed by atoms with Crippen LogP contribution >= 0.6 is 0 Å². The average molecular weight is 1500 g/mol. The number of rotatable bonds is 72. The second kappa shape index (κ2) is 97.3. The molecule has 0 saturated carbocycles. The fourth-order valence-electron chi connectivity index (χ4n) is 12.7. The van der Waals surface area contributed by atoms with Crippen molar-refractivity contribution < 1.29 is 29.7 Å². The van der Waals surface area contributed by atoms with E-state index in [9.17, 15) is 14.4 Å². The molecule has 0 fully saturated rings. The number of carbonyl (C=O) groups is 3. The standard InChI is InChI=1S/3C25H42O2.C21H42N6/c3*1-2-3-4-5-6-7-8-9-10-11-12-13-14-15-16-17-18-19-20-21-22-23-24-25(26)27;1-2-3-4-5-6-7-8-9-10-11-12-13-14-15-16-17-18-24-21-26-19(22)25-20(23)27-21/h3*2-12,17-24H2,1H3,(H,26,27);2-18H2,1H3,(H5,22,23,24,25,26,27). The molecule has 0 aliphatic heterocycles. The van der Waals surface area contributed by atoms with Crippen LogP contribution in [0.25, 0.3) is 0 Å². The Morgan fingerprint density at radius 1 is 0.241 bits per heavy atom. The highest BCUT2D eigenvalue weighted by Crippen LogP contribution is 2.18. The van der Waals surface area contributed by atoms with Gasteiger partial charge in [-0.3, -0.25) is 14.4 Å². The van der Waals surface area contributed by atoms with Gasteiger partial charge in [-0.2, -0.15) is 15.0 Å². The summed E-state index contributed by atoms with van der Waals surface area (Å²) in [7, 11) is 0. The Balaban J connectivity index is -0.00000136. The number of nitrogens with one attached hydrogen (secondary N) is 1. The van der Waals surface area contributed by atoms with E-state index in [1.807, 2.05) is 0 Å². The zero-order valence-electron chi connectivity index (χ0n) is 70.9. The van der Waals surface area contributed by atoms with E-state index >= 15 is 0 Å². The van der Waals surface area contributed by atoms with Crippen molar-refractivity contribution in [3.8, 4) is 71.0 Å². The molecule has 12 nitrogen and oxygen atoms in total. The maximum Gasteiger partial charge on any atom is 0.303 e. The largest absolute Gasteiger partial charge is 0.481 e. The Morgan fingerprint density at radius 2 is 0.398 bits per heavy atom. The Labute approximate surface area is 667 Å². The van der Waals surface area contributed by atoms with Crippen molar-refractivity contribution in [2.24, 2.45) is 0 Å². The number of unbranched alkanes of at least 4 members (excludes halogenated alkanes) is 63.